The van der Waals surface area contributed by atoms with Crippen LogP contribution in [0.25, 0.3) is 0 Å². The third-order valence-corrected chi connectivity index (χ3v) is 1.35. The van der Waals surface area contributed by atoms with Gasteiger partial charge in [0.15, 0.2) is 0 Å². The Bertz CT molecular complexity index is 97.2. The minimum atomic E-state index is 0.625. The molecule has 0 N–H and O–H groups in total. The highest BCUT2D eigenvalue weighted by Crippen LogP contribution is 2.12. The lowest BCUT2D eigenvalue weighted by Crippen LogP contribution is -1.86. The fourth-order valence-electron chi connectivity index (χ4n) is 0.915. The van der Waals surface area contributed by atoms with Crippen molar-refractivity contribution in [3.8, 4) is 0 Å². The molecule has 0 bridgehead atoms. The first-order chi connectivity index (χ1) is 3.93. The fourth-order valence-corrected chi connectivity index (χ4v) is 0.915. The zero-order valence-corrected chi connectivity index (χ0v) is 5.22. The molecule has 0 amide bonds. The molecular formula is C8H11. The monoisotopic (exact) mass is 107 g/mol. The Labute approximate surface area is 50.9 Å². The normalized spacial score (nSPS) is 18.1. The smallest absolute Gasteiger partial charge is 0.00239 e. The number of rotatable bonds is 2. The summed E-state index contributed by atoms with van der Waals surface area (Å²) in [6, 6.07) is 0. The molecule has 1 aliphatic rings. The molecule has 1 rings (SSSR count). The van der Waals surface area contributed by atoms with Gasteiger partial charge in [-0.3, -0.25) is 0 Å². The maximum absolute atomic E-state index is 3.22. The van der Waals surface area contributed by atoms with Gasteiger partial charge in [-0.25, -0.2) is 0 Å². The van der Waals surface area contributed by atoms with Gasteiger partial charge in [0.2, 0.25) is 0 Å². The molecule has 0 aromatic carbocycles. The van der Waals surface area contributed by atoms with Crippen molar-refractivity contribution in [2.24, 2.45) is 5.92 Å². The predicted molar refractivity (Wildman–Crippen MR) is 35.4 cm³/mol. The topological polar surface area (TPSA) is 0 Å². The van der Waals surface area contributed by atoms with Crippen molar-refractivity contribution in [3.05, 3.63) is 24.3 Å². The van der Waals surface area contributed by atoms with Crippen LogP contribution in [0.2, 0.25) is 0 Å². The second-order valence-corrected chi connectivity index (χ2v) is 2.11. The third kappa shape index (κ3) is 1.22. The van der Waals surface area contributed by atoms with Gasteiger partial charge in [0.25, 0.3) is 0 Å². The Morgan fingerprint density at radius 1 is 1.62 bits per heavy atom. The van der Waals surface area contributed by atoms with Crippen LogP contribution in [0.3, 0.4) is 0 Å². The molecule has 0 spiro atoms. The van der Waals surface area contributed by atoms with Crippen LogP contribution in [0.1, 0.15) is 19.8 Å². The highest BCUT2D eigenvalue weighted by atomic mass is 14.0. The predicted octanol–water partition coefficient (Wildman–Crippen LogP) is 2.33. The van der Waals surface area contributed by atoms with Gasteiger partial charge >= 0.3 is 0 Å². The summed E-state index contributed by atoms with van der Waals surface area (Å²) in [6.07, 6.45) is 12.0. The van der Waals surface area contributed by atoms with E-state index in [1.54, 1.807) is 0 Å². The molecule has 0 aliphatic heterocycles. The highest BCUT2D eigenvalue weighted by Gasteiger charge is 2.00. The highest BCUT2D eigenvalue weighted by molar-refractivity contribution is 5.12. The standard InChI is InChI=1S/C8H11/c1-2-5-8-6-3-4-7-8/h3-4,6,8H,2,5H2,1H3. The molecule has 0 heterocycles. The van der Waals surface area contributed by atoms with Crippen molar-refractivity contribution < 1.29 is 0 Å². The lowest BCUT2D eigenvalue weighted by atomic mass is 10.1. The Hall–Kier alpha value is -0.520. The molecule has 0 saturated carbocycles. The van der Waals surface area contributed by atoms with Crippen molar-refractivity contribution in [1.29, 1.82) is 0 Å². The maximum atomic E-state index is 3.22. The van der Waals surface area contributed by atoms with E-state index in [0.29, 0.717) is 5.92 Å². The van der Waals surface area contributed by atoms with Gasteiger partial charge in [-0.2, -0.15) is 0 Å². The van der Waals surface area contributed by atoms with Crippen LogP contribution in [0.5, 0.6) is 0 Å². The summed E-state index contributed by atoms with van der Waals surface area (Å²) in [5, 5.41) is 0. The summed E-state index contributed by atoms with van der Waals surface area (Å²) in [5.41, 5.74) is 0. The summed E-state index contributed by atoms with van der Waals surface area (Å²) in [4.78, 5) is 0. The van der Waals surface area contributed by atoms with E-state index in [1.165, 1.54) is 12.8 Å². The minimum absolute atomic E-state index is 0.625. The molecule has 43 valence electrons. The summed E-state index contributed by atoms with van der Waals surface area (Å²) < 4.78 is 0. The molecule has 1 radical (unpaired) electrons. The van der Waals surface area contributed by atoms with Crippen LogP contribution < -0.4 is 0 Å². The van der Waals surface area contributed by atoms with Crippen molar-refractivity contribution in [3.63, 3.8) is 0 Å². The average Bonchev–Trinajstić information content (AvgIpc) is 2.19. The first kappa shape index (κ1) is 5.61. The molecule has 1 aliphatic carbocycles. The lowest BCUT2D eigenvalue weighted by molar-refractivity contribution is 0.684. The quantitative estimate of drug-likeness (QED) is 0.508. The minimum Gasteiger partial charge on any atom is -0.0770 e. The SMILES string of the molecule is CCCC1[C]=CC=C1. The van der Waals surface area contributed by atoms with Gasteiger partial charge in [0, 0.05) is 5.92 Å². The molecule has 0 aromatic rings. The Morgan fingerprint density at radius 2 is 2.50 bits per heavy atom. The molecule has 8 heavy (non-hydrogen) atoms. The van der Waals surface area contributed by atoms with Crippen LogP contribution in [0.4, 0.5) is 0 Å². The Balaban J connectivity index is 2.27. The molecule has 0 saturated heterocycles. The third-order valence-electron chi connectivity index (χ3n) is 1.35. The molecule has 0 heteroatoms. The first-order valence-corrected chi connectivity index (χ1v) is 3.19. The number of hydrogen-bond donors (Lipinski definition) is 0. The maximum Gasteiger partial charge on any atom is 0.00239 e. The van der Waals surface area contributed by atoms with Crippen LogP contribution in [0.15, 0.2) is 18.2 Å². The molecule has 1 unspecified atom stereocenters. The van der Waals surface area contributed by atoms with Crippen molar-refractivity contribution in [2.75, 3.05) is 0 Å². The van der Waals surface area contributed by atoms with E-state index < -0.39 is 0 Å². The van der Waals surface area contributed by atoms with Crippen LogP contribution in [-0.2, 0) is 0 Å². The van der Waals surface area contributed by atoms with Crippen LogP contribution >= 0.6 is 0 Å². The average molecular weight is 107 g/mol. The summed E-state index contributed by atoms with van der Waals surface area (Å²) >= 11 is 0. The molecule has 0 fully saturated rings. The van der Waals surface area contributed by atoms with E-state index in [0.717, 1.165) is 0 Å². The van der Waals surface area contributed by atoms with Gasteiger partial charge in [-0.15, -0.1) is 0 Å². The van der Waals surface area contributed by atoms with Crippen LogP contribution in [0, 0.1) is 12.0 Å². The number of allylic oxidation sites excluding steroid dienone is 4. The van der Waals surface area contributed by atoms with Gasteiger partial charge in [0.1, 0.15) is 0 Å². The van der Waals surface area contributed by atoms with Gasteiger partial charge in [-0.1, -0.05) is 31.6 Å². The van der Waals surface area contributed by atoms with Crippen LogP contribution in [-0.4, -0.2) is 0 Å². The van der Waals surface area contributed by atoms with E-state index in [1.807, 2.05) is 6.08 Å². The fraction of sp³-hybridized carbons (Fsp3) is 0.500. The van der Waals surface area contributed by atoms with Crippen molar-refractivity contribution >= 4 is 0 Å². The summed E-state index contributed by atoms with van der Waals surface area (Å²) in [7, 11) is 0. The van der Waals surface area contributed by atoms with Crippen molar-refractivity contribution in [2.45, 2.75) is 19.8 Å². The van der Waals surface area contributed by atoms with E-state index in [2.05, 4.69) is 25.2 Å². The lowest BCUT2D eigenvalue weighted by Gasteiger charge is -1.97. The van der Waals surface area contributed by atoms with Gasteiger partial charge in [0.05, 0.1) is 0 Å². The molecule has 0 aromatic heterocycles. The Kier molecular flexibility index (Phi) is 1.90. The zero-order valence-electron chi connectivity index (χ0n) is 5.22. The van der Waals surface area contributed by atoms with Crippen molar-refractivity contribution in [1.82, 2.24) is 0 Å². The zero-order chi connectivity index (χ0) is 5.82. The Morgan fingerprint density at radius 3 is 3.00 bits per heavy atom. The molecule has 1 atom stereocenters. The van der Waals surface area contributed by atoms with E-state index in [-0.39, 0.29) is 0 Å². The van der Waals surface area contributed by atoms with E-state index in [9.17, 15) is 0 Å². The second kappa shape index (κ2) is 2.71. The van der Waals surface area contributed by atoms with Gasteiger partial charge in [-0.05, 0) is 12.5 Å². The molecule has 0 nitrogen and oxygen atoms in total. The summed E-state index contributed by atoms with van der Waals surface area (Å²) in [6.45, 7) is 2.20. The number of hydrogen-bond acceptors (Lipinski definition) is 0. The largest absolute Gasteiger partial charge is 0.0770 e. The summed E-state index contributed by atoms with van der Waals surface area (Å²) in [5.74, 6) is 0.625. The van der Waals surface area contributed by atoms with E-state index in [4.69, 9.17) is 0 Å². The van der Waals surface area contributed by atoms with E-state index >= 15 is 0 Å². The first-order valence-electron chi connectivity index (χ1n) is 3.19. The molecular weight excluding hydrogens is 96.1 g/mol. The second-order valence-electron chi connectivity index (χ2n) is 2.11. The van der Waals surface area contributed by atoms with Gasteiger partial charge < -0.3 is 0 Å².